The van der Waals surface area contributed by atoms with E-state index in [1.54, 1.807) is 25.1 Å². The summed E-state index contributed by atoms with van der Waals surface area (Å²) in [6.07, 6.45) is 0. The van der Waals surface area contributed by atoms with E-state index < -0.39 is 5.97 Å². The van der Waals surface area contributed by atoms with E-state index in [1.807, 2.05) is 32.0 Å². The van der Waals surface area contributed by atoms with Crippen molar-refractivity contribution in [1.29, 1.82) is 0 Å². The number of ether oxygens (including phenoxy) is 2. The second-order valence-electron chi connectivity index (χ2n) is 4.79. The summed E-state index contributed by atoms with van der Waals surface area (Å²) in [6.45, 7) is 6.09. The minimum atomic E-state index is -0.441. The molecule has 0 atom stereocenters. The maximum Gasteiger partial charge on any atom is 0.342 e. The van der Waals surface area contributed by atoms with Crippen molar-refractivity contribution in [3.05, 3.63) is 53.1 Å². The van der Waals surface area contributed by atoms with Crippen molar-refractivity contribution in [3.63, 3.8) is 0 Å². The summed E-state index contributed by atoms with van der Waals surface area (Å²) in [5.74, 6) is 0.532. The van der Waals surface area contributed by atoms with E-state index in [0.29, 0.717) is 29.4 Å². The molecule has 0 saturated carbocycles. The Balaban J connectivity index is 2.38. The number of aryl methyl sites for hydroxylation is 2. The zero-order chi connectivity index (χ0) is 15.4. The molecule has 0 aromatic heterocycles. The van der Waals surface area contributed by atoms with Gasteiger partial charge in [-0.25, -0.2) is 4.79 Å². The molecule has 0 aliphatic heterocycles. The Hall–Kier alpha value is -2.49. The molecule has 0 aliphatic rings. The van der Waals surface area contributed by atoms with Crippen molar-refractivity contribution in [2.45, 2.75) is 20.8 Å². The van der Waals surface area contributed by atoms with Crippen molar-refractivity contribution in [3.8, 4) is 11.5 Å². The third-order valence-corrected chi connectivity index (χ3v) is 3.24. The number of nitrogens with two attached hydrogens (primary N) is 1. The lowest BCUT2D eigenvalue weighted by Gasteiger charge is -2.13. The molecule has 0 aliphatic carbocycles. The fourth-order valence-corrected chi connectivity index (χ4v) is 1.93. The first-order valence-corrected chi connectivity index (χ1v) is 6.83. The lowest BCUT2D eigenvalue weighted by Crippen LogP contribution is -2.08. The number of hydrogen-bond donors (Lipinski definition) is 1. The van der Waals surface area contributed by atoms with Gasteiger partial charge in [0.05, 0.1) is 12.3 Å². The molecule has 2 aromatic carbocycles. The van der Waals surface area contributed by atoms with E-state index in [4.69, 9.17) is 15.2 Å². The van der Waals surface area contributed by atoms with Crippen molar-refractivity contribution < 1.29 is 14.3 Å². The van der Waals surface area contributed by atoms with Crippen LogP contribution in [-0.2, 0) is 4.74 Å². The number of rotatable bonds is 4. The van der Waals surface area contributed by atoms with Crippen LogP contribution in [0.15, 0.2) is 36.4 Å². The van der Waals surface area contributed by atoms with Crippen LogP contribution in [0.5, 0.6) is 11.5 Å². The Morgan fingerprint density at radius 3 is 2.57 bits per heavy atom. The Labute approximate surface area is 124 Å². The molecule has 4 heteroatoms. The number of para-hydroxylation sites is 1. The van der Waals surface area contributed by atoms with Gasteiger partial charge in [-0.15, -0.1) is 0 Å². The molecule has 0 unspecified atom stereocenters. The van der Waals surface area contributed by atoms with E-state index >= 15 is 0 Å². The first-order chi connectivity index (χ1) is 10.0. The largest absolute Gasteiger partial charge is 0.462 e. The van der Waals surface area contributed by atoms with Crippen LogP contribution in [0.2, 0.25) is 0 Å². The quantitative estimate of drug-likeness (QED) is 0.684. The Bertz CT molecular complexity index is 665. The summed E-state index contributed by atoms with van der Waals surface area (Å²) in [5.41, 5.74) is 8.95. The minimum Gasteiger partial charge on any atom is -0.462 e. The van der Waals surface area contributed by atoms with Crippen molar-refractivity contribution >= 4 is 11.7 Å². The van der Waals surface area contributed by atoms with Crippen molar-refractivity contribution in [2.24, 2.45) is 0 Å². The number of hydrogen-bond acceptors (Lipinski definition) is 4. The summed E-state index contributed by atoms with van der Waals surface area (Å²) in [4.78, 5) is 12.0. The maximum absolute atomic E-state index is 12.0. The monoisotopic (exact) mass is 285 g/mol. The first kappa shape index (κ1) is 14.9. The molecule has 0 radical (unpaired) electrons. The molecule has 0 bridgehead atoms. The summed E-state index contributed by atoms with van der Waals surface area (Å²) in [7, 11) is 0. The number of carbonyl (C=O) groups excluding carboxylic acids is 1. The highest BCUT2D eigenvalue weighted by molar-refractivity contribution is 5.94. The molecular weight excluding hydrogens is 266 g/mol. The number of esters is 1. The van der Waals surface area contributed by atoms with E-state index in [-0.39, 0.29) is 0 Å². The van der Waals surface area contributed by atoms with Gasteiger partial charge in [0.15, 0.2) is 5.75 Å². The summed E-state index contributed by atoms with van der Waals surface area (Å²) in [5, 5.41) is 0. The normalized spacial score (nSPS) is 10.2. The van der Waals surface area contributed by atoms with Crippen LogP contribution in [-0.4, -0.2) is 12.6 Å². The van der Waals surface area contributed by atoms with Gasteiger partial charge in [0, 0.05) is 0 Å². The number of benzene rings is 2. The lowest BCUT2D eigenvalue weighted by atomic mass is 10.1. The standard InChI is InChI=1S/C17H19NO3/c1-4-20-17(19)14-6-5-7-15(18)16(14)21-13-9-8-11(2)12(3)10-13/h5-10H,4,18H2,1-3H3. The minimum absolute atomic E-state index is 0.302. The second-order valence-corrected chi connectivity index (χ2v) is 4.79. The molecule has 2 aromatic rings. The highest BCUT2D eigenvalue weighted by atomic mass is 16.5. The van der Waals surface area contributed by atoms with Gasteiger partial charge in [0.25, 0.3) is 0 Å². The molecule has 0 fully saturated rings. The highest BCUT2D eigenvalue weighted by Crippen LogP contribution is 2.32. The fraction of sp³-hybridized carbons (Fsp3) is 0.235. The number of anilines is 1. The van der Waals surface area contributed by atoms with Gasteiger partial charge in [-0.05, 0) is 56.2 Å². The molecule has 0 heterocycles. The molecule has 4 nitrogen and oxygen atoms in total. The topological polar surface area (TPSA) is 61.5 Å². The van der Waals surface area contributed by atoms with E-state index in [9.17, 15) is 4.79 Å². The van der Waals surface area contributed by atoms with Crippen LogP contribution in [0.3, 0.4) is 0 Å². The van der Waals surface area contributed by atoms with Crippen LogP contribution >= 0.6 is 0 Å². The molecule has 2 rings (SSSR count). The molecule has 0 spiro atoms. The highest BCUT2D eigenvalue weighted by Gasteiger charge is 2.17. The lowest BCUT2D eigenvalue weighted by molar-refractivity contribution is 0.0523. The maximum atomic E-state index is 12.0. The predicted octanol–water partition coefficient (Wildman–Crippen LogP) is 3.85. The van der Waals surface area contributed by atoms with Gasteiger partial charge < -0.3 is 15.2 Å². The molecule has 21 heavy (non-hydrogen) atoms. The average Bonchev–Trinajstić information content (AvgIpc) is 2.45. The van der Waals surface area contributed by atoms with Gasteiger partial charge in [0.1, 0.15) is 11.3 Å². The average molecular weight is 285 g/mol. The van der Waals surface area contributed by atoms with Crippen molar-refractivity contribution in [1.82, 2.24) is 0 Å². The van der Waals surface area contributed by atoms with E-state index in [2.05, 4.69) is 0 Å². The molecule has 0 amide bonds. The Kier molecular flexibility index (Phi) is 4.48. The molecular formula is C17H19NO3. The number of carbonyl (C=O) groups is 1. The first-order valence-electron chi connectivity index (χ1n) is 6.83. The van der Waals surface area contributed by atoms with Gasteiger partial charge >= 0.3 is 5.97 Å². The van der Waals surface area contributed by atoms with Gasteiger partial charge in [0.2, 0.25) is 0 Å². The molecule has 110 valence electrons. The van der Waals surface area contributed by atoms with Gasteiger partial charge in [-0.3, -0.25) is 0 Å². The smallest absolute Gasteiger partial charge is 0.342 e. The fourth-order valence-electron chi connectivity index (χ4n) is 1.93. The molecule has 2 N–H and O–H groups in total. The van der Waals surface area contributed by atoms with Gasteiger partial charge in [-0.1, -0.05) is 12.1 Å². The third kappa shape index (κ3) is 3.34. The second kappa shape index (κ2) is 6.31. The zero-order valence-electron chi connectivity index (χ0n) is 12.5. The third-order valence-electron chi connectivity index (χ3n) is 3.24. The van der Waals surface area contributed by atoms with Crippen LogP contribution in [0.4, 0.5) is 5.69 Å². The van der Waals surface area contributed by atoms with Crippen LogP contribution in [0.25, 0.3) is 0 Å². The zero-order valence-corrected chi connectivity index (χ0v) is 12.5. The van der Waals surface area contributed by atoms with Crippen molar-refractivity contribution in [2.75, 3.05) is 12.3 Å². The summed E-state index contributed by atoms with van der Waals surface area (Å²) >= 11 is 0. The van der Waals surface area contributed by atoms with Gasteiger partial charge in [-0.2, -0.15) is 0 Å². The Morgan fingerprint density at radius 1 is 1.14 bits per heavy atom. The number of nitrogen functional groups attached to an aromatic ring is 1. The predicted molar refractivity (Wildman–Crippen MR) is 82.8 cm³/mol. The van der Waals surface area contributed by atoms with Crippen LogP contribution < -0.4 is 10.5 Å². The summed E-state index contributed by atoms with van der Waals surface area (Å²) < 4.78 is 10.8. The van der Waals surface area contributed by atoms with Crippen LogP contribution in [0.1, 0.15) is 28.4 Å². The Morgan fingerprint density at radius 2 is 1.90 bits per heavy atom. The van der Waals surface area contributed by atoms with E-state index in [0.717, 1.165) is 5.56 Å². The van der Waals surface area contributed by atoms with Crippen LogP contribution in [0, 0.1) is 13.8 Å². The molecule has 0 saturated heterocycles. The summed E-state index contributed by atoms with van der Waals surface area (Å²) in [6, 6.07) is 10.8. The SMILES string of the molecule is CCOC(=O)c1cccc(N)c1Oc1ccc(C)c(C)c1. The van der Waals surface area contributed by atoms with E-state index in [1.165, 1.54) is 5.56 Å².